The van der Waals surface area contributed by atoms with Crippen LogP contribution in [0.3, 0.4) is 0 Å². The van der Waals surface area contributed by atoms with E-state index in [0.29, 0.717) is 5.11 Å². The average molecular weight is 456 g/mol. The van der Waals surface area contributed by atoms with Crippen molar-refractivity contribution in [2.75, 3.05) is 11.4 Å². The lowest BCUT2D eigenvalue weighted by atomic mass is 10.2. The van der Waals surface area contributed by atoms with Crippen LogP contribution in [0.2, 0.25) is 0 Å². The SMILES string of the molecule is CC(=O)N1C(C(Cl)(Cl)Cl)N(C)C2=S1N(c1ccccc1)C(c1ccccc1)=N2. The van der Waals surface area contributed by atoms with Gasteiger partial charge in [-0.05, 0) is 19.2 Å². The van der Waals surface area contributed by atoms with Crippen LogP contribution >= 0.6 is 45.7 Å². The molecule has 0 fully saturated rings. The third-order valence-corrected chi connectivity index (χ3v) is 7.28. The minimum atomic E-state index is -1.68. The van der Waals surface area contributed by atoms with Crippen molar-refractivity contribution in [1.29, 1.82) is 0 Å². The van der Waals surface area contributed by atoms with Crippen molar-refractivity contribution in [1.82, 2.24) is 9.21 Å². The van der Waals surface area contributed by atoms with Gasteiger partial charge in [0, 0.05) is 12.5 Å². The van der Waals surface area contributed by atoms with Crippen LogP contribution < -0.4 is 4.31 Å². The Balaban J connectivity index is 1.91. The largest absolute Gasteiger partial charge is 0.274 e. The lowest BCUT2D eigenvalue weighted by molar-refractivity contribution is -0.126. The van der Waals surface area contributed by atoms with E-state index in [4.69, 9.17) is 39.8 Å². The molecule has 9 heteroatoms. The number of alkyl halides is 3. The second-order valence-electron chi connectivity index (χ2n) is 6.35. The summed E-state index contributed by atoms with van der Waals surface area (Å²) in [6.45, 7) is 1.48. The van der Waals surface area contributed by atoms with Crippen molar-refractivity contribution in [2.45, 2.75) is 16.9 Å². The summed E-state index contributed by atoms with van der Waals surface area (Å²) in [6, 6.07) is 19.7. The molecule has 2 aromatic rings. The number of nitrogens with zero attached hydrogens (tertiary/aromatic N) is 4. The van der Waals surface area contributed by atoms with E-state index in [-0.39, 0.29) is 5.91 Å². The zero-order valence-corrected chi connectivity index (χ0v) is 18.2. The Kier molecular flexibility index (Phi) is 5.18. The molecule has 0 saturated heterocycles. The number of amidine groups is 1. The number of para-hydroxylation sites is 1. The minimum absolute atomic E-state index is 0.188. The van der Waals surface area contributed by atoms with Crippen molar-refractivity contribution < 1.29 is 4.79 Å². The highest BCUT2D eigenvalue weighted by Crippen LogP contribution is 2.50. The molecule has 0 radical (unpaired) electrons. The van der Waals surface area contributed by atoms with E-state index in [1.54, 1.807) is 16.3 Å². The summed E-state index contributed by atoms with van der Waals surface area (Å²) in [5.74, 6) is 0.568. The molecule has 0 bridgehead atoms. The maximum Gasteiger partial charge on any atom is 0.231 e. The van der Waals surface area contributed by atoms with Crippen LogP contribution in [-0.4, -0.2) is 43.1 Å². The molecule has 1 amide bonds. The van der Waals surface area contributed by atoms with E-state index in [0.717, 1.165) is 17.1 Å². The fourth-order valence-corrected chi connectivity index (χ4v) is 6.59. The molecule has 2 heterocycles. The number of rotatable bonds is 2. The van der Waals surface area contributed by atoms with Gasteiger partial charge in [-0.15, -0.1) is 0 Å². The molecule has 2 unspecified atom stereocenters. The summed E-state index contributed by atoms with van der Waals surface area (Å²) in [7, 11) is 0.938. The number of hydrogen-bond donors (Lipinski definition) is 0. The topological polar surface area (TPSA) is 39.2 Å². The van der Waals surface area contributed by atoms with Crippen molar-refractivity contribution in [3.8, 4) is 0 Å². The standard InChI is InChI=1S/C19H17Cl3N4OS/c1-13(27)25-17(19(20,21)22)24(2)18-23-16(14-9-5-3-6-10-14)26(28(18)25)15-11-7-4-8-12-15/h3-12,17H,1-2H3. The van der Waals surface area contributed by atoms with Crippen LogP contribution in [0.4, 0.5) is 5.69 Å². The number of amides is 1. The van der Waals surface area contributed by atoms with Gasteiger partial charge in [0.25, 0.3) is 0 Å². The zero-order chi connectivity index (χ0) is 20.1. The molecular formula is C19H17Cl3N4OS. The fourth-order valence-electron chi connectivity index (χ4n) is 3.28. The Morgan fingerprint density at radius 2 is 1.61 bits per heavy atom. The van der Waals surface area contributed by atoms with E-state index < -0.39 is 20.8 Å². The average Bonchev–Trinajstić information content (AvgIpc) is 3.18. The van der Waals surface area contributed by atoms with E-state index in [1.807, 2.05) is 65.0 Å². The van der Waals surface area contributed by atoms with Gasteiger partial charge in [0.1, 0.15) is 6.17 Å². The van der Waals surface area contributed by atoms with Crippen molar-refractivity contribution in [3.05, 3.63) is 66.2 Å². The monoisotopic (exact) mass is 454 g/mol. The second kappa shape index (κ2) is 7.35. The Morgan fingerprint density at radius 3 is 2.14 bits per heavy atom. The molecule has 0 aliphatic carbocycles. The predicted molar refractivity (Wildman–Crippen MR) is 119 cm³/mol. The molecule has 0 spiro atoms. The highest BCUT2D eigenvalue weighted by atomic mass is 35.6. The third-order valence-electron chi connectivity index (χ3n) is 4.43. The summed E-state index contributed by atoms with van der Waals surface area (Å²) < 4.78 is 1.96. The molecule has 2 atom stereocenters. The lowest BCUT2D eigenvalue weighted by Crippen LogP contribution is -2.51. The molecule has 4 rings (SSSR count). The highest BCUT2D eigenvalue weighted by molar-refractivity contribution is 8.16. The number of carbonyl (C=O) groups is 1. The third kappa shape index (κ3) is 3.23. The Bertz CT molecular complexity index is 976. The summed E-state index contributed by atoms with van der Waals surface area (Å²) >= 11 is 18.8. The molecule has 5 nitrogen and oxygen atoms in total. The van der Waals surface area contributed by atoms with Crippen molar-refractivity contribution in [2.24, 2.45) is 4.99 Å². The quantitative estimate of drug-likeness (QED) is 0.489. The lowest BCUT2D eigenvalue weighted by Gasteiger charge is -2.37. The molecule has 2 aliphatic heterocycles. The van der Waals surface area contributed by atoms with Gasteiger partial charge in [-0.25, -0.2) is 9.89 Å². The van der Waals surface area contributed by atoms with Gasteiger partial charge in [-0.1, -0.05) is 83.3 Å². The van der Waals surface area contributed by atoms with Crippen LogP contribution in [0.15, 0.2) is 65.7 Å². The maximum atomic E-state index is 12.7. The van der Waals surface area contributed by atoms with Gasteiger partial charge in [0.2, 0.25) is 9.70 Å². The van der Waals surface area contributed by atoms with Gasteiger partial charge in [-0.3, -0.25) is 13.4 Å². The van der Waals surface area contributed by atoms with Gasteiger partial charge < -0.3 is 0 Å². The maximum absolute atomic E-state index is 12.7. The van der Waals surface area contributed by atoms with E-state index >= 15 is 0 Å². The molecule has 2 aliphatic rings. The first-order chi connectivity index (χ1) is 13.3. The zero-order valence-electron chi connectivity index (χ0n) is 15.1. The Morgan fingerprint density at radius 1 is 1.04 bits per heavy atom. The predicted octanol–water partition coefficient (Wildman–Crippen LogP) is 4.63. The van der Waals surface area contributed by atoms with Crippen LogP contribution in [0.5, 0.6) is 0 Å². The molecule has 0 N–H and O–H groups in total. The van der Waals surface area contributed by atoms with Crippen LogP contribution in [-0.2, 0) is 4.79 Å². The van der Waals surface area contributed by atoms with Gasteiger partial charge >= 0.3 is 0 Å². The first kappa shape index (κ1) is 19.7. The minimum Gasteiger partial charge on any atom is -0.274 e. The first-order valence-corrected chi connectivity index (χ1v) is 10.8. The Labute approximate surface area is 181 Å². The molecule has 0 aromatic heterocycles. The number of anilines is 1. The van der Waals surface area contributed by atoms with Gasteiger partial charge in [0.05, 0.1) is 16.5 Å². The normalized spacial score (nSPS) is 22.5. The summed E-state index contributed by atoms with van der Waals surface area (Å²) in [6.07, 6.45) is -0.749. The number of benzene rings is 2. The molecule has 146 valence electrons. The van der Waals surface area contributed by atoms with Crippen molar-refractivity contribution in [3.63, 3.8) is 0 Å². The number of carbonyl (C=O) groups excluding carboxylic acids is 1. The van der Waals surface area contributed by atoms with Crippen LogP contribution in [0.25, 0.3) is 0 Å². The second-order valence-corrected chi connectivity index (χ2v) is 10.4. The first-order valence-electron chi connectivity index (χ1n) is 8.51. The van der Waals surface area contributed by atoms with Crippen molar-refractivity contribution >= 4 is 68.2 Å². The summed E-state index contributed by atoms with van der Waals surface area (Å²) in [5.41, 5.74) is 1.86. The highest BCUT2D eigenvalue weighted by Gasteiger charge is 2.53. The van der Waals surface area contributed by atoms with Crippen LogP contribution in [0, 0.1) is 0 Å². The fraction of sp³-hybridized carbons (Fsp3) is 0.211. The number of halogens is 3. The van der Waals surface area contributed by atoms with Gasteiger partial charge in [0.15, 0.2) is 10.9 Å². The number of aliphatic imine (C=N–C) groups is 1. The molecule has 0 saturated carbocycles. The summed E-state index contributed by atoms with van der Waals surface area (Å²) in [5, 5.41) is 0.689. The van der Waals surface area contributed by atoms with Gasteiger partial charge in [-0.2, -0.15) is 0 Å². The molecule has 2 aromatic carbocycles. The Hall–Kier alpha value is -1.57. The van der Waals surface area contributed by atoms with Crippen LogP contribution in [0.1, 0.15) is 12.5 Å². The summed E-state index contributed by atoms with van der Waals surface area (Å²) in [4.78, 5) is 19.3. The van der Waals surface area contributed by atoms with E-state index in [1.165, 1.54) is 6.92 Å². The molecule has 28 heavy (non-hydrogen) atoms. The molecular weight excluding hydrogens is 439 g/mol. The number of hydrogen-bond acceptors (Lipinski definition) is 4. The van der Waals surface area contributed by atoms with E-state index in [9.17, 15) is 4.79 Å². The smallest absolute Gasteiger partial charge is 0.231 e. The van der Waals surface area contributed by atoms with E-state index in [2.05, 4.69) is 0 Å².